The predicted octanol–water partition coefficient (Wildman–Crippen LogP) is 7.39. The summed E-state index contributed by atoms with van der Waals surface area (Å²) in [6.45, 7) is 2.32. The molecule has 1 aromatic heterocycles. The third-order valence-corrected chi connectivity index (χ3v) is 10.2. The number of rotatable bonds is 9. The van der Waals surface area contributed by atoms with Crippen molar-refractivity contribution in [3.8, 4) is 11.5 Å². The average molecular weight is 889 g/mol. The van der Waals surface area contributed by atoms with Gasteiger partial charge in [0.05, 0.1) is 42.7 Å². The summed E-state index contributed by atoms with van der Waals surface area (Å²) in [6, 6.07) is 27.6. The van der Waals surface area contributed by atoms with Gasteiger partial charge >= 0.3 is 5.97 Å². The minimum Gasteiger partial charge on any atom is -0.497 e. The standard InChI is InChI=1S/C36H27ClI2N2O5S/c1-3-45-35(43)30-31(23-9-5-4-6-10-23)40-36-41(32(30)24-12-14-26(44-2)15-13-24)34(42)29(47-36)19-22-17-27(38)33(28(39)18-22)46-20-21-8-7-11-25(37)16-21/h4-19,32H,3,20H2,1-2H3/b29-19-/t32-/m0/s1. The van der Waals surface area contributed by atoms with Crippen molar-refractivity contribution >= 4 is 85.9 Å². The molecule has 1 atom stereocenters. The fourth-order valence-corrected chi connectivity index (χ4v) is 8.62. The Morgan fingerprint density at radius 2 is 1.72 bits per heavy atom. The molecule has 1 aliphatic heterocycles. The van der Waals surface area contributed by atoms with E-state index in [1.54, 1.807) is 18.6 Å². The van der Waals surface area contributed by atoms with Gasteiger partial charge in [-0.15, -0.1) is 0 Å². The molecule has 0 N–H and O–H groups in total. The first-order valence-corrected chi connectivity index (χ1v) is 17.9. The molecule has 1 aliphatic rings. The van der Waals surface area contributed by atoms with Gasteiger partial charge in [0, 0.05) is 10.6 Å². The second-order valence-corrected chi connectivity index (χ2v) is 14.2. The topological polar surface area (TPSA) is 79.1 Å². The molecule has 11 heteroatoms. The van der Waals surface area contributed by atoms with E-state index in [0.29, 0.717) is 38.0 Å². The lowest BCUT2D eigenvalue weighted by atomic mass is 9.93. The maximum Gasteiger partial charge on any atom is 0.338 e. The summed E-state index contributed by atoms with van der Waals surface area (Å²) < 4.78 is 21.0. The fraction of sp³-hybridized carbons (Fsp3) is 0.139. The highest BCUT2D eigenvalue weighted by molar-refractivity contribution is 14.1. The van der Waals surface area contributed by atoms with Crippen LogP contribution in [0.2, 0.25) is 5.02 Å². The SMILES string of the molecule is CCOC(=O)C1=C(c2ccccc2)N=c2s/c(=C\c3cc(I)c(OCc4cccc(Cl)c4)c(I)c3)c(=O)n2[C@H]1c1ccc(OC)cc1. The number of carbonyl (C=O) groups is 1. The molecule has 0 radical (unpaired) electrons. The summed E-state index contributed by atoms with van der Waals surface area (Å²) in [6.07, 6.45) is 1.86. The van der Waals surface area contributed by atoms with Gasteiger partial charge in [-0.25, -0.2) is 9.79 Å². The lowest BCUT2D eigenvalue weighted by Crippen LogP contribution is -2.40. The molecule has 0 bridgehead atoms. The minimum absolute atomic E-state index is 0.181. The second-order valence-electron chi connectivity index (χ2n) is 10.4. The number of carbonyl (C=O) groups excluding carboxylic acids is 1. The predicted molar refractivity (Wildman–Crippen MR) is 202 cm³/mol. The smallest absolute Gasteiger partial charge is 0.338 e. The van der Waals surface area contributed by atoms with Crippen molar-refractivity contribution in [3.05, 3.63) is 151 Å². The Bertz CT molecular complexity index is 2160. The van der Waals surface area contributed by atoms with Gasteiger partial charge in [-0.2, -0.15) is 0 Å². The number of hydrogen-bond donors (Lipinski definition) is 0. The molecule has 5 aromatic rings. The lowest BCUT2D eigenvalue weighted by molar-refractivity contribution is -0.138. The largest absolute Gasteiger partial charge is 0.497 e. The van der Waals surface area contributed by atoms with E-state index < -0.39 is 12.0 Å². The van der Waals surface area contributed by atoms with Gasteiger partial charge in [0.2, 0.25) is 0 Å². The molecule has 0 saturated heterocycles. The number of fused-ring (bicyclic) bond motifs is 1. The Morgan fingerprint density at radius 1 is 1.00 bits per heavy atom. The molecule has 0 saturated carbocycles. The molecule has 0 amide bonds. The zero-order chi connectivity index (χ0) is 33.1. The summed E-state index contributed by atoms with van der Waals surface area (Å²) >= 11 is 11.9. The van der Waals surface area contributed by atoms with Gasteiger partial charge in [0.25, 0.3) is 5.56 Å². The summed E-state index contributed by atoms with van der Waals surface area (Å²) in [5.74, 6) is 0.897. The summed E-state index contributed by atoms with van der Waals surface area (Å²) in [5.41, 5.74) is 3.82. The highest BCUT2D eigenvalue weighted by Crippen LogP contribution is 2.36. The molecule has 238 valence electrons. The van der Waals surface area contributed by atoms with Crippen LogP contribution in [0.15, 0.2) is 106 Å². The van der Waals surface area contributed by atoms with Crippen LogP contribution in [0.25, 0.3) is 11.8 Å². The first kappa shape index (κ1) is 33.4. The van der Waals surface area contributed by atoms with Crippen molar-refractivity contribution in [1.29, 1.82) is 0 Å². The highest BCUT2D eigenvalue weighted by Gasteiger charge is 2.35. The van der Waals surface area contributed by atoms with Gasteiger partial charge in [-0.1, -0.05) is 77.5 Å². The van der Waals surface area contributed by atoms with Crippen LogP contribution in [0.5, 0.6) is 11.5 Å². The van der Waals surface area contributed by atoms with Crippen molar-refractivity contribution in [1.82, 2.24) is 4.57 Å². The number of methoxy groups -OCH3 is 1. The molecular formula is C36H27ClI2N2O5S. The molecule has 7 nitrogen and oxygen atoms in total. The Balaban J connectivity index is 1.48. The van der Waals surface area contributed by atoms with Crippen LogP contribution < -0.4 is 24.4 Å². The van der Waals surface area contributed by atoms with E-state index in [1.807, 2.05) is 97.1 Å². The molecule has 0 fully saturated rings. The number of aromatic nitrogens is 1. The van der Waals surface area contributed by atoms with Crippen LogP contribution in [0.1, 0.15) is 35.2 Å². The van der Waals surface area contributed by atoms with Crippen LogP contribution in [0, 0.1) is 7.14 Å². The number of ether oxygens (including phenoxy) is 3. The lowest BCUT2D eigenvalue weighted by Gasteiger charge is -2.26. The van der Waals surface area contributed by atoms with Gasteiger partial charge in [-0.3, -0.25) is 9.36 Å². The fourth-order valence-electron chi connectivity index (χ4n) is 5.28. The summed E-state index contributed by atoms with van der Waals surface area (Å²) in [7, 11) is 1.59. The maximum atomic E-state index is 14.3. The second kappa shape index (κ2) is 14.8. The van der Waals surface area contributed by atoms with E-state index in [9.17, 15) is 9.59 Å². The molecule has 0 aliphatic carbocycles. The first-order valence-electron chi connectivity index (χ1n) is 14.6. The Labute approximate surface area is 307 Å². The zero-order valence-electron chi connectivity index (χ0n) is 25.2. The van der Waals surface area contributed by atoms with Gasteiger partial charge in [0.1, 0.15) is 18.1 Å². The number of benzene rings is 4. The maximum absolute atomic E-state index is 14.3. The van der Waals surface area contributed by atoms with Crippen LogP contribution in [-0.4, -0.2) is 24.3 Å². The van der Waals surface area contributed by atoms with E-state index in [1.165, 1.54) is 11.3 Å². The molecule has 6 rings (SSSR count). The van der Waals surface area contributed by atoms with Crippen LogP contribution in [0.4, 0.5) is 0 Å². The number of thiazole rings is 1. The first-order chi connectivity index (χ1) is 22.8. The molecule has 0 unspecified atom stereocenters. The van der Waals surface area contributed by atoms with Crippen LogP contribution in [-0.2, 0) is 16.1 Å². The van der Waals surface area contributed by atoms with E-state index in [0.717, 1.165) is 35.1 Å². The quantitative estimate of drug-likeness (QED) is 0.114. The number of esters is 1. The van der Waals surface area contributed by atoms with Crippen LogP contribution in [0.3, 0.4) is 0 Å². The van der Waals surface area contributed by atoms with Gasteiger partial charge in [-0.05, 0) is 111 Å². The number of nitrogens with zero attached hydrogens (tertiary/aromatic N) is 2. The third kappa shape index (κ3) is 7.20. The molecule has 0 spiro atoms. The number of halogens is 3. The molecular weight excluding hydrogens is 862 g/mol. The Hall–Kier alpha value is -3.46. The van der Waals surface area contributed by atoms with E-state index >= 15 is 0 Å². The van der Waals surface area contributed by atoms with E-state index in [-0.39, 0.29) is 12.2 Å². The molecule has 47 heavy (non-hydrogen) atoms. The van der Waals surface area contributed by atoms with Gasteiger partial charge in [0.15, 0.2) is 4.80 Å². The summed E-state index contributed by atoms with van der Waals surface area (Å²) in [4.78, 5) is 33.3. The minimum atomic E-state index is -0.767. The Kier molecular flexibility index (Phi) is 10.5. The summed E-state index contributed by atoms with van der Waals surface area (Å²) in [5, 5.41) is 0.659. The Morgan fingerprint density at radius 3 is 2.38 bits per heavy atom. The number of hydrogen-bond acceptors (Lipinski definition) is 7. The van der Waals surface area contributed by atoms with Crippen LogP contribution >= 0.6 is 68.1 Å². The van der Waals surface area contributed by atoms with E-state index in [4.69, 9.17) is 30.8 Å². The van der Waals surface area contributed by atoms with Crippen molar-refractivity contribution in [2.75, 3.05) is 13.7 Å². The zero-order valence-corrected chi connectivity index (χ0v) is 31.1. The third-order valence-electron chi connectivity index (χ3n) is 7.40. The van der Waals surface area contributed by atoms with E-state index in [2.05, 4.69) is 45.2 Å². The molecule has 4 aromatic carbocycles. The van der Waals surface area contributed by atoms with Crippen molar-refractivity contribution in [3.63, 3.8) is 0 Å². The monoisotopic (exact) mass is 888 g/mol. The van der Waals surface area contributed by atoms with Crippen molar-refractivity contribution < 1.29 is 19.0 Å². The molecule has 2 heterocycles. The highest BCUT2D eigenvalue weighted by atomic mass is 127. The normalized spacial score (nSPS) is 14.4. The van der Waals surface area contributed by atoms with Crippen molar-refractivity contribution in [2.24, 2.45) is 4.99 Å². The van der Waals surface area contributed by atoms with Crippen molar-refractivity contribution in [2.45, 2.75) is 19.6 Å². The van der Waals surface area contributed by atoms with Gasteiger partial charge < -0.3 is 14.2 Å². The average Bonchev–Trinajstić information content (AvgIpc) is 3.38.